The lowest BCUT2D eigenvalue weighted by Crippen LogP contribution is -2.32. The Labute approximate surface area is 198 Å². The summed E-state index contributed by atoms with van der Waals surface area (Å²) in [7, 11) is 1.59. The molecule has 0 saturated carbocycles. The second-order valence-corrected chi connectivity index (χ2v) is 8.29. The van der Waals surface area contributed by atoms with E-state index in [9.17, 15) is 24.9 Å². The lowest BCUT2D eigenvalue weighted by molar-refractivity contribution is -0.144. The van der Waals surface area contributed by atoms with Crippen LogP contribution in [0.15, 0.2) is 71.7 Å². The van der Waals surface area contributed by atoms with Gasteiger partial charge in [0.25, 0.3) is 0 Å². The topological polar surface area (TPSA) is 123 Å². The first-order valence-electron chi connectivity index (χ1n) is 11.1. The van der Waals surface area contributed by atoms with Crippen LogP contribution in [-0.2, 0) is 25.7 Å². The molecule has 8 nitrogen and oxygen atoms in total. The number of rotatable bonds is 4. The third-order valence-corrected chi connectivity index (χ3v) is 5.63. The monoisotopic (exact) mass is 470 g/mol. The normalized spacial score (nSPS) is 28.2. The van der Waals surface area contributed by atoms with Crippen molar-refractivity contribution in [2.75, 3.05) is 7.11 Å². The molecule has 0 spiro atoms. The minimum absolute atomic E-state index is 0.0114. The van der Waals surface area contributed by atoms with Crippen molar-refractivity contribution in [1.82, 2.24) is 0 Å². The lowest BCUT2D eigenvalue weighted by atomic mass is 9.88. The van der Waals surface area contributed by atoms with E-state index in [1.807, 2.05) is 24.3 Å². The van der Waals surface area contributed by atoms with E-state index in [4.69, 9.17) is 14.2 Å². The van der Waals surface area contributed by atoms with E-state index in [0.717, 1.165) is 11.3 Å². The molecule has 0 bridgehead atoms. The highest BCUT2D eigenvalue weighted by atomic mass is 16.5. The van der Waals surface area contributed by atoms with Gasteiger partial charge in [-0.25, -0.2) is 4.79 Å². The highest BCUT2D eigenvalue weighted by molar-refractivity contribution is 5.94. The van der Waals surface area contributed by atoms with Gasteiger partial charge in [0.1, 0.15) is 36.1 Å². The zero-order valence-electron chi connectivity index (χ0n) is 19.2. The maximum absolute atomic E-state index is 12.8. The Morgan fingerprint density at radius 1 is 1.09 bits per heavy atom. The van der Waals surface area contributed by atoms with Gasteiger partial charge in [-0.15, -0.1) is 0 Å². The maximum Gasteiger partial charge on any atom is 0.338 e. The Hall–Kier alpha value is -3.36. The van der Waals surface area contributed by atoms with Crippen LogP contribution in [0.1, 0.15) is 31.7 Å². The number of cyclic esters (lactones) is 1. The van der Waals surface area contributed by atoms with Gasteiger partial charge in [-0.05, 0) is 37.1 Å². The first-order valence-corrected chi connectivity index (χ1v) is 11.1. The number of fused-ring (bicyclic) bond motifs is 1. The van der Waals surface area contributed by atoms with Crippen molar-refractivity contribution in [3.63, 3.8) is 0 Å². The second kappa shape index (κ2) is 11.7. The zero-order chi connectivity index (χ0) is 24.7. The van der Waals surface area contributed by atoms with Gasteiger partial charge in [0, 0.05) is 24.8 Å². The maximum atomic E-state index is 12.8. The predicted octanol–water partition coefficient (Wildman–Crippen LogP) is 3.06. The Bertz CT molecular complexity index is 1000. The average Bonchev–Trinajstić information content (AvgIpc) is 2.81. The number of hydrogen-bond donors (Lipinski definition) is 3. The predicted molar refractivity (Wildman–Crippen MR) is 124 cm³/mol. The van der Waals surface area contributed by atoms with E-state index in [1.165, 1.54) is 18.2 Å². The molecule has 4 atom stereocenters. The SMILES string of the molecule is COc1ccc(COC2=CC(O)=C3C(=O)O[C@@H](C)C/C=C\C(=O)C(O)[C@@H](O)C/C=C/[C@H]3C2)cc1. The molecule has 3 N–H and O–H groups in total. The van der Waals surface area contributed by atoms with Crippen LogP contribution >= 0.6 is 0 Å². The van der Waals surface area contributed by atoms with Crippen molar-refractivity contribution in [1.29, 1.82) is 0 Å². The third kappa shape index (κ3) is 6.59. The van der Waals surface area contributed by atoms with Gasteiger partial charge < -0.3 is 29.5 Å². The van der Waals surface area contributed by atoms with Crippen molar-refractivity contribution >= 4 is 11.8 Å². The summed E-state index contributed by atoms with van der Waals surface area (Å²) in [6.07, 6.45) is 4.36. The first-order chi connectivity index (χ1) is 16.3. The Kier molecular flexibility index (Phi) is 8.67. The van der Waals surface area contributed by atoms with Crippen LogP contribution in [0.25, 0.3) is 0 Å². The van der Waals surface area contributed by atoms with E-state index < -0.39 is 36.0 Å². The van der Waals surface area contributed by atoms with Crippen LogP contribution in [-0.4, -0.2) is 52.5 Å². The summed E-state index contributed by atoms with van der Waals surface area (Å²) in [5.41, 5.74) is 0.993. The number of aliphatic hydroxyl groups excluding tert-OH is 3. The number of ketones is 1. The number of ether oxygens (including phenoxy) is 3. The van der Waals surface area contributed by atoms with Crippen LogP contribution in [0.4, 0.5) is 0 Å². The Morgan fingerprint density at radius 2 is 1.82 bits per heavy atom. The Balaban J connectivity index is 1.81. The van der Waals surface area contributed by atoms with Gasteiger partial charge in [0.2, 0.25) is 0 Å². The number of carbonyl (C=O) groups is 2. The fourth-order valence-electron chi connectivity index (χ4n) is 3.69. The average molecular weight is 471 g/mol. The summed E-state index contributed by atoms with van der Waals surface area (Å²) in [6, 6.07) is 7.37. The van der Waals surface area contributed by atoms with E-state index in [2.05, 4.69) is 0 Å². The van der Waals surface area contributed by atoms with Gasteiger partial charge in [-0.3, -0.25) is 4.79 Å². The van der Waals surface area contributed by atoms with Gasteiger partial charge in [-0.1, -0.05) is 30.4 Å². The van der Waals surface area contributed by atoms with Gasteiger partial charge in [0.05, 0.1) is 18.8 Å². The molecule has 1 unspecified atom stereocenters. The number of methoxy groups -OCH3 is 1. The zero-order valence-corrected chi connectivity index (χ0v) is 19.2. The molecule has 1 aliphatic carbocycles. The van der Waals surface area contributed by atoms with Crippen LogP contribution in [0.3, 0.4) is 0 Å². The molecule has 0 fully saturated rings. The summed E-state index contributed by atoms with van der Waals surface area (Å²) < 4.78 is 16.5. The minimum Gasteiger partial charge on any atom is -0.507 e. The molecule has 1 aromatic rings. The molecule has 1 heterocycles. The highest BCUT2D eigenvalue weighted by Gasteiger charge is 2.31. The number of hydrogen-bond acceptors (Lipinski definition) is 8. The number of esters is 1. The number of carbonyl (C=O) groups excluding carboxylic acids is 2. The second-order valence-electron chi connectivity index (χ2n) is 8.29. The number of aliphatic hydroxyl groups is 3. The number of allylic oxidation sites excluding steroid dienone is 3. The van der Waals surface area contributed by atoms with Crippen LogP contribution in [0.2, 0.25) is 0 Å². The number of benzene rings is 1. The van der Waals surface area contributed by atoms with E-state index in [-0.39, 0.29) is 37.2 Å². The van der Waals surface area contributed by atoms with Gasteiger partial charge in [0.15, 0.2) is 5.78 Å². The lowest BCUT2D eigenvalue weighted by Gasteiger charge is -2.25. The summed E-state index contributed by atoms with van der Waals surface area (Å²) in [6.45, 7) is 1.92. The minimum atomic E-state index is -1.56. The quantitative estimate of drug-likeness (QED) is 0.453. The van der Waals surface area contributed by atoms with Crippen molar-refractivity contribution in [2.24, 2.45) is 5.92 Å². The van der Waals surface area contributed by atoms with Crippen LogP contribution < -0.4 is 4.74 Å². The molecule has 3 rings (SSSR count). The summed E-state index contributed by atoms with van der Waals surface area (Å²) in [5, 5.41) is 30.8. The smallest absolute Gasteiger partial charge is 0.338 e. The third-order valence-electron chi connectivity index (χ3n) is 5.63. The first kappa shape index (κ1) is 25.3. The summed E-state index contributed by atoms with van der Waals surface area (Å²) in [4.78, 5) is 24.8. The van der Waals surface area contributed by atoms with E-state index in [1.54, 1.807) is 26.2 Å². The van der Waals surface area contributed by atoms with Crippen molar-refractivity contribution < 1.29 is 39.1 Å². The summed E-state index contributed by atoms with van der Waals surface area (Å²) >= 11 is 0. The fourth-order valence-corrected chi connectivity index (χ4v) is 3.69. The molecule has 0 radical (unpaired) electrons. The molecule has 2 aliphatic rings. The molecule has 34 heavy (non-hydrogen) atoms. The van der Waals surface area contributed by atoms with Crippen LogP contribution in [0, 0.1) is 5.92 Å². The highest BCUT2D eigenvalue weighted by Crippen LogP contribution is 2.32. The molecule has 182 valence electrons. The largest absolute Gasteiger partial charge is 0.507 e. The molecule has 1 aromatic carbocycles. The van der Waals surface area contributed by atoms with Crippen molar-refractivity contribution in [2.45, 2.75) is 51.1 Å². The van der Waals surface area contributed by atoms with Crippen molar-refractivity contribution in [3.8, 4) is 5.75 Å². The molecule has 1 aliphatic heterocycles. The van der Waals surface area contributed by atoms with Crippen LogP contribution in [0.5, 0.6) is 5.75 Å². The standard InChI is InChI=1S/C26H30O8/c1-16-5-3-7-21(27)25(30)22(28)8-4-6-18-13-20(14-23(29)24(18)26(31)34-16)33-15-17-9-11-19(32-2)12-10-17/h3-4,6-7,9-12,14,16,18,22,25,28-30H,5,8,13,15H2,1-2H3/b6-4+,7-3-/t16-,18-,22-,25?/m0/s1. The van der Waals surface area contributed by atoms with Crippen molar-refractivity contribution in [3.05, 3.63) is 77.3 Å². The van der Waals surface area contributed by atoms with Gasteiger partial charge >= 0.3 is 5.97 Å². The molecule has 8 heteroatoms. The Morgan fingerprint density at radius 3 is 2.53 bits per heavy atom. The molecular formula is C26H30O8. The van der Waals surface area contributed by atoms with E-state index in [0.29, 0.717) is 5.76 Å². The fraction of sp³-hybridized carbons (Fsp3) is 0.385. The molecule has 0 aromatic heterocycles. The van der Waals surface area contributed by atoms with E-state index >= 15 is 0 Å². The molecule has 0 saturated heterocycles. The molecular weight excluding hydrogens is 440 g/mol. The van der Waals surface area contributed by atoms with Gasteiger partial charge in [-0.2, -0.15) is 0 Å². The molecule has 0 amide bonds. The summed E-state index contributed by atoms with van der Waals surface area (Å²) in [5.74, 6) is -0.900.